The lowest BCUT2D eigenvalue weighted by Gasteiger charge is -2.30. The molecule has 84 valence electrons. The van der Waals surface area contributed by atoms with Crippen LogP contribution in [0.25, 0.3) is 0 Å². The Hall–Kier alpha value is -0.610. The molecule has 0 aromatic carbocycles. The van der Waals surface area contributed by atoms with E-state index in [9.17, 15) is 9.90 Å². The topological polar surface area (TPSA) is 43.8 Å². The van der Waals surface area contributed by atoms with Gasteiger partial charge in [0, 0.05) is 19.5 Å². The van der Waals surface area contributed by atoms with Crippen molar-refractivity contribution < 1.29 is 9.90 Å². The van der Waals surface area contributed by atoms with Crippen molar-refractivity contribution in [2.45, 2.75) is 39.5 Å². The van der Waals surface area contributed by atoms with E-state index in [1.54, 1.807) is 11.9 Å². The fourth-order valence-corrected chi connectivity index (χ4v) is 1.09. The van der Waals surface area contributed by atoms with Gasteiger partial charge < -0.3 is 10.0 Å². The summed E-state index contributed by atoms with van der Waals surface area (Å²) in [6.45, 7) is 6.19. The van der Waals surface area contributed by atoms with Crippen molar-refractivity contribution in [2.75, 3.05) is 20.6 Å². The van der Waals surface area contributed by atoms with Gasteiger partial charge in [-0.15, -0.1) is 0 Å². The third-order valence-corrected chi connectivity index (χ3v) is 2.45. The molecular weight excluding hydrogens is 180 g/mol. The summed E-state index contributed by atoms with van der Waals surface area (Å²) in [5, 5.41) is 9.73. The van der Waals surface area contributed by atoms with Gasteiger partial charge in [0.05, 0.1) is 6.54 Å². The van der Waals surface area contributed by atoms with Crippen LogP contribution in [-0.4, -0.2) is 53.7 Å². The van der Waals surface area contributed by atoms with Gasteiger partial charge in [-0.05, 0) is 20.9 Å². The Morgan fingerprint density at radius 2 is 1.86 bits per heavy atom. The van der Waals surface area contributed by atoms with Crippen LogP contribution in [0.1, 0.15) is 27.2 Å². The molecule has 0 aliphatic heterocycles. The lowest BCUT2D eigenvalue weighted by molar-refractivity contribution is -0.132. The molecule has 1 atom stereocenters. The van der Waals surface area contributed by atoms with Crippen LogP contribution >= 0.6 is 0 Å². The van der Waals surface area contributed by atoms with Crippen molar-refractivity contribution in [1.29, 1.82) is 0 Å². The number of hydrogen-bond acceptors (Lipinski definition) is 3. The maximum Gasteiger partial charge on any atom is 0.222 e. The molecule has 0 fully saturated rings. The van der Waals surface area contributed by atoms with Gasteiger partial charge in [-0.3, -0.25) is 9.69 Å². The van der Waals surface area contributed by atoms with E-state index < -0.39 is 6.23 Å². The van der Waals surface area contributed by atoms with Crippen molar-refractivity contribution >= 4 is 5.91 Å². The number of aliphatic hydroxyl groups is 1. The van der Waals surface area contributed by atoms with Crippen LogP contribution in [0.3, 0.4) is 0 Å². The highest BCUT2D eigenvalue weighted by molar-refractivity contribution is 5.75. The lowest BCUT2D eigenvalue weighted by atomic mass is 10.3. The van der Waals surface area contributed by atoms with E-state index in [1.807, 2.05) is 32.7 Å². The molecule has 0 aromatic rings. The first kappa shape index (κ1) is 13.4. The number of hydrogen-bond donors (Lipinski definition) is 1. The van der Waals surface area contributed by atoms with E-state index in [1.165, 1.54) is 0 Å². The third kappa shape index (κ3) is 4.07. The Morgan fingerprint density at radius 3 is 2.21 bits per heavy atom. The first-order valence-corrected chi connectivity index (χ1v) is 5.04. The summed E-state index contributed by atoms with van der Waals surface area (Å²) in [4.78, 5) is 14.6. The molecule has 4 nitrogen and oxygen atoms in total. The predicted octanol–water partition coefficient (Wildman–Crippen LogP) is 0.513. The summed E-state index contributed by atoms with van der Waals surface area (Å²) in [5.74, 6) is 0.0567. The maximum absolute atomic E-state index is 11.2. The number of carbonyl (C=O) groups excluding carboxylic acids is 1. The average Bonchev–Trinajstić information content (AvgIpc) is 2.14. The van der Waals surface area contributed by atoms with Gasteiger partial charge in [-0.2, -0.15) is 0 Å². The minimum atomic E-state index is -0.588. The van der Waals surface area contributed by atoms with E-state index in [2.05, 4.69) is 0 Å². The van der Waals surface area contributed by atoms with Crippen molar-refractivity contribution in [1.82, 2.24) is 9.80 Å². The molecule has 0 saturated heterocycles. The van der Waals surface area contributed by atoms with Crippen LogP contribution in [0, 0.1) is 0 Å². The number of amides is 1. The molecule has 0 radical (unpaired) electrons. The second-order valence-corrected chi connectivity index (χ2v) is 3.87. The lowest BCUT2D eigenvalue weighted by Crippen LogP contribution is -2.45. The fraction of sp³-hybridized carbons (Fsp3) is 0.900. The van der Waals surface area contributed by atoms with Gasteiger partial charge in [-0.1, -0.05) is 6.92 Å². The van der Waals surface area contributed by atoms with Crippen LogP contribution in [0.15, 0.2) is 0 Å². The second kappa shape index (κ2) is 5.98. The molecule has 0 spiro atoms. The van der Waals surface area contributed by atoms with Crippen molar-refractivity contribution in [2.24, 2.45) is 0 Å². The van der Waals surface area contributed by atoms with Gasteiger partial charge in [0.25, 0.3) is 0 Å². The molecule has 0 aliphatic rings. The van der Waals surface area contributed by atoms with Crippen LogP contribution in [0.2, 0.25) is 0 Å². The first-order chi connectivity index (χ1) is 6.40. The molecule has 4 heteroatoms. The summed E-state index contributed by atoms with van der Waals surface area (Å²) < 4.78 is 0. The standard InChI is InChI=1S/C10H22N2O2/c1-6-9(13)11(4)7-10(14)12(5)8(2)3/h8,10,14H,6-7H2,1-5H3. The SMILES string of the molecule is CCC(=O)N(C)CC(O)N(C)C(C)C. The molecule has 0 rings (SSSR count). The van der Waals surface area contributed by atoms with Gasteiger partial charge in [0.15, 0.2) is 0 Å². The highest BCUT2D eigenvalue weighted by Crippen LogP contribution is 2.01. The monoisotopic (exact) mass is 202 g/mol. The van der Waals surface area contributed by atoms with Gasteiger partial charge in [-0.25, -0.2) is 0 Å². The zero-order valence-electron chi connectivity index (χ0n) is 9.82. The summed E-state index contributed by atoms with van der Waals surface area (Å²) in [6, 6.07) is 0.273. The molecule has 0 heterocycles. The molecule has 0 aliphatic carbocycles. The van der Waals surface area contributed by atoms with Crippen LogP contribution < -0.4 is 0 Å². The van der Waals surface area contributed by atoms with E-state index in [0.29, 0.717) is 13.0 Å². The fourth-order valence-electron chi connectivity index (χ4n) is 1.09. The normalized spacial score (nSPS) is 13.4. The Kier molecular flexibility index (Phi) is 5.72. The largest absolute Gasteiger partial charge is 0.376 e. The summed E-state index contributed by atoms with van der Waals surface area (Å²) in [6.07, 6.45) is -0.107. The Balaban J connectivity index is 4.05. The minimum Gasteiger partial charge on any atom is -0.376 e. The van der Waals surface area contributed by atoms with Crippen molar-refractivity contribution in [3.05, 3.63) is 0 Å². The first-order valence-electron chi connectivity index (χ1n) is 5.04. The molecule has 0 aromatic heterocycles. The molecule has 1 unspecified atom stereocenters. The molecule has 1 N–H and O–H groups in total. The Bertz CT molecular complexity index is 183. The maximum atomic E-state index is 11.2. The van der Waals surface area contributed by atoms with Crippen molar-refractivity contribution in [3.63, 3.8) is 0 Å². The number of aliphatic hydroxyl groups excluding tert-OH is 1. The quantitative estimate of drug-likeness (QED) is 0.661. The van der Waals surface area contributed by atoms with Crippen molar-refractivity contribution in [3.8, 4) is 0 Å². The molecule has 0 bridgehead atoms. The van der Waals surface area contributed by atoms with E-state index in [-0.39, 0.29) is 11.9 Å². The highest BCUT2D eigenvalue weighted by Gasteiger charge is 2.17. The summed E-state index contributed by atoms with van der Waals surface area (Å²) in [5.41, 5.74) is 0. The number of nitrogens with zero attached hydrogens (tertiary/aromatic N) is 2. The molecular formula is C10H22N2O2. The van der Waals surface area contributed by atoms with Gasteiger partial charge in [0.2, 0.25) is 5.91 Å². The van der Waals surface area contributed by atoms with Crippen LogP contribution in [0.5, 0.6) is 0 Å². The number of likely N-dealkylation sites (N-methyl/N-ethyl adjacent to an activating group) is 2. The van der Waals surface area contributed by atoms with Gasteiger partial charge >= 0.3 is 0 Å². The summed E-state index contributed by atoms with van der Waals surface area (Å²) >= 11 is 0. The predicted molar refractivity (Wildman–Crippen MR) is 56.8 cm³/mol. The van der Waals surface area contributed by atoms with E-state index in [4.69, 9.17) is 0 Å². The minimum absolute atomic E-state index is 0.0567. The number of rotatable bonds is 5. The summed E-state index contributed by atoms with van der Waals surface area (Å²) in [7, 11) is 3.56. The van der Waals surface area contributed by atoms with E-state index in [0.717, 1.165) is 0 Å². The molecule has 14 heavy (non-hydrogen) atoms. The zero-order valence-corrected chi connectivity index (χ0v) is 9.82. The Morgan fingerprint density at radius 1 is 1.36 bits per heavy atom. The second-order valence-electron chi connectivity index (χ2n) is 3.87. The third-order valence-electron chi connectivity index (χ3n) is 2.45. The Labute approximate surface area is 86.5 Å². The molecule has 0 saturated carbocycles. The van der Waals surface area contributed by atoms with Gasteiger partial charge in [0.1, 0.15) is 6.23 Å². The smallest absolute Gasteiger partial charge is 0.222 e. The number of carbonyl (C=O) groups is 1. The van der Waals surface area contributed by atoms with Crippen LogP contribution in [-0.2, 0) is 4.79 Å². The highest BCUT2D eigenvalue weighted by atomic mass is 16.3. The zero-order chi connectivity index (χ0) is 11.3. The average molecular weight is 202 g/mol. The van der Waals surface area contributed by atoms with E-state index >= 15 is 0 Å². The van der Waals surface area contributed by atoms with Crippen LogP contribution in [0.4, 0.5) is 0 Å². The molecule has 1 amide bonds.